The van der Waals surface area contributed by atoms with Gasteiger partial charge in [-0.05, 0) is 11.6 Å². The smallest absolute Gasteiger partial charge is 0.438 e. The Bertz CT molecular complexity index is 350. The Hall–Kier alpha value is -1.55. The van der Waals surface area contributed by atoms with E-state index in [4.69, 9.17) is 16.3 Å². The van der Waals surface area contributed by atoms with Crippen molar-refractivity contribution in [3.05, 3.63) is 35.9 Å². The lowest BCUT2D eigenvalue weighted by molar-refractivity contribution is -0.120. The molecule has 5 heteroatoms. The summed E-state index contributed by atoms with van der Waals surface area (Å²) in [7, 11) is 1.16. The summed E-state index contributed by atoms with van der Waals surface area (Å²) < 4.78 is 8.98. The Labute approximate surface area is 91.7 Å². The molecule has 1 aromatic carbocycles. The second-order valence-electron chi connectivity index (χ2n) is 2.67. The molecule has 0 saturated heterocycles. The Morgan fingerprint density at radius 1 is 1.27 bits per heavy atom. The summed E-state index contributed by atoms with van der Waals surface area (Å²) >= 11 is 5.31. The molecule has 4 nitrogen and oxygen atoms in total. The molecule has 0 bridgehead atoms. The SMILES string of the molecule is COC(=O)OC(C(=O)Cl)c1ccccc1. The van der Waals surface area contributed by atoms with E-state index in [1.807, 2.05) is 0 Å². The summed E-state index contributed by atoms with van der Waals surface area (Å²) in [6.07, 6.45) is -2.07. The lowest BCUT2D eigenvalue weighted by Crippen LogP contribution is -2.16. The van der Waals surface area contributed by atoms with E-state index in [1.165, 1.54) is 0 Å². The lowest BCUT2D eigenvalue weighted by Gasteiger charge is -2.12. The van der Waals surface area contributed by atoms with Gasteiger partial charge in [0.25, 0.3) is 5.24 Å². The molecule has 0 spiro atoms. The van der Waals surface area contributed by atoms with Crippen molar-refractivity contribution < 1.29 is 19.1 Å². The molecular formula is C10H9ClO4. The number of ether oxygens (including phenoxy) is 2. The highest BCUT2D eigenvalue weighted by Crippen LogP contribution is 2.20. The van der Waals surface area contributed by atoms with Gasteiger partial charge in [0.15, 0.2) is 0 Å². The Kier molecular flexibility index (Phi) is 4.12. The average molecular weight is 229 g/mol. The quantitative estimate of drug-likeness (QED) is 0.588. The summed E-state index contributed by atoms with van der Waals surface area (Å²) in [5.74, 6) is 0. The van der Waals surface area contributed by atoms with Crippen LogP contribution in [0.25, 0.3) is 0 Å². The first-order valence-corrected chi connectivity index (χ1v) is 4.52. The first-order chi connectivity index (χ1) is 7.15. The molecule has 80 valence electrons. The summed E-state index contributed by atoms with van der Waals surface area (Å²) in [5, 5.41) is -0.772. The molecule has 1 unspecified atom stereocenters. The van der Waals surface area contributed by atoms with E-state index in [9.17, 15) is 9.59 Å². The lowest BCUT2D eigenvalue weighted by atomic mass is 10.1. The average Bonchev–Trinajstić information content (AvgIpc) is 2.26. The number of carbonyl (C=O) groups is 2. The molecule has 15 heavy (non-hydrogen) atoms. The topological polar surface area (TPSA) is 52.6 Å². The second kappa shape index (κ2) is 5.36. The number of hydrogen-bond acceptors (Lipinski definition) is 4. The van der Waals surface area contributed by atoms with Gasteiger partial charge < -0.3 is 9.47 Å². The fourth-order valence-corrected chi connectivity index (χ4v) is 1.19. The van der Waals surface area contributed by atoms with Crippen LogP contribution in [0.1, 0.15) is 11.7 Å². The molecule has 0 aliphatic carbocycles. The first-order valence-electron chi connectivity index (χ1n) is 4.14. The van der Waals surface area contributed by atoms with E-state index in [0.29, 0.717) is 5.56 Å². The molecule has 1 atom stereocenters. The van der Waals surface area contributed by atoms with Gasteiger partial charge in [-0.2, -0.15) is 0 Å². The molecule has 0 N–H and O–H groups in total. The van der Waals surface area contributed by atoms with Crippen molar-refractivity contribution in [2.45, 2.75) is 6.10 Å². The zero-order chi connectivity index (χ0) is 11.3. The monoisotopic (exact) mass is 228 g/mol. The summed E-state index contributed by atoms with van der Waals surface area (Å²) in [6.45, 7) is 0. The fourth-order valence-electron chi connectivity index (χ4n) is 1.02. The number of halogens is 1. The van der Waals surface area contributed by atoms with Crippen molar-refractivity contribution in [3.63, 3.8) is 0 Å². The van der Waals surface area contributed by atoms with Crippen LogP contribution >= 0.6 is 11.6 Å². The predicted molar refractivity (Wildman–Crippen MR) is 53.5 cm³/mol. The Balaban J connectivity index is 2.84. The van der Waals surface area contributed by atoms with Crippen molar-refractivity contribution in [2.75, 3.05) is 7.11 Å². The number of carbonyl (C=O) groups excluding carboxylic acids is 2. The molecule has 0 amide bonds. The van der Waals surface area contributed by atoms with Gasteiger partial charge >= 0.3 is 6.16 Å². The van der Waals surface area contributed by atoms with Crippen LogP contribution in [0.3, 0.4) is 0 Å². The zero-order valence-corrected chi connectivity index (χ0v) is 8.73. The van der Waals surface area contributed by atoms with Crippen molar-refractivity contribution >= 4 is 23.0 Å². The van der Waals surface area contributed by atoms with Gasteiger partial charge in [-0.25, -0.2) is 4.79 Å². The number of methoxy groups -OCH3 is 1. The first kappa shape index (κ1) is 11.5. The Morgan fingerprint density at radius 2 is 1.87 bits per heavy atom. The minimum Gasteiger partial charge on any atom is -0.438 e. The largest absolute Gasteiger partial charge is 0.509 e. The van der Waals surface area contributed by atoms with Crippen LogP contribution in [0.15, 0.2) is 30.3 Å². The van der Waals surface area contributed by atoms with Crippen molar-refractivity contribution in [1.82, 2.24) is 0 Å². The van der Waals surface area contributed by atoms with Crippen LogP contribution in [0.4, 0.5) is 4.79 Å². The van der Waals surface area contributed by atoms with Gasteiger partial charge in [0, 0.05) is 5.56 Å². The van der Waals surface area contributed by atoms with Crippen LogP contribution < -0.4 is 0 Å². The van der Waals surface area contributed by atoms with Gasteiger partial charge in [0.05, 0.1) is 7.11 Å². The fraction of sp³-hybridized carbons (Fsp3) is 0.200. The standard InChI is InChI=1S/C10H9ClO4/c1-14-10(13)15-8(9(11)12)7-5-3-2-4-6-7/h2-6,8H,1H3. The van der Waals surface area contributed by atoms with Crippen molar-refractivity contribution in [1.29, 1.82) is 0 Å². The molecular weight excluding hydrogens is 220 g/mol. The van der Waals surface area contributed by atoms with Gasteiger partial charge in [0.2, 0.25) is 6.10 Å². The highest BCUT2D eigenvalue weighted by atomic mass is 35.5. The molecule has 1 rings (SSSR count). The van der Waals surface area contributed by atoms with Crippen LogP contribution in [-0.2, 0) is 14.3 Å². The van der Waals surface area contributed by atoms with Gasteiger partial charge in [-0.15, -0.1) is 0 Å². The highest BCUT2D eigenvalue weighted by molar-refractivity contribution is 6.64. The van der Waals surface area contributed by atoms with E-state index >= 15 is 0 Å². The minimum atomic E-state index is -1.12. The van der Waals surface area contributed by atoms with Crippen LogP contribution in [0.2, 0.25) is 0 Å². The van der Waals surface area contributed by atoms with E-state index in [1.54, 1.807) is 30.3 Å². The molecule has 0 aliphatic rings. The van der Waals surface area contributed by atoms with Crippen LogP contribution in [0.5, 0.6) is 0 Å². The summed E-state index contributed by atoms with van der Waals surface area (Å²) in [6, 6.07) is 8.46. The van der Waals surface area contributed by atoms with Crippen molar-refractivity contribution in [2.24, 2.45) is 0 Å². The number of rotatable bonds is 3. The van der Waals surface area contributed by atoms with E-state index < -0.39 is 17.5 Å². The van der Waals surface area contributed by atoms with Crippen LogP contribution in [-0.4, -0.2) is 18.5 Å². The maximum Gasteiger partial charge on any atom is 0.509 e. The maximum absolute atomic E-state index is 11.0. The number of benzene rings is 1. The zero-order valence-electron chi connectivity index (χ0n) is 7.98. The van der Waals surface area contributed by atoms with Gasteiger partial charge in [0.1, 0.15) is 0 Å². The third-order valence-corrected chi connectivity index (χ3v) is 1.89. The molecule has 0 saturated carbocycles. The third-order valence-electron chi connectivity index (χ3n) is 1.69. The molecule has 1 aromatic rings. The van der Waals surface area contributed by atoms with E-state index in [2.05, 4.69) is 4.74 Å². The highest BCUT2D eigenvalue weighted by Gasteiger charge is 2.23. The maximum atomic E-state index is 11.0. The summed E-state index contributed by atoms with van der Waals surface area (Å²) in [4.78, 5) is 21.9. The Morgan fingerprint density at radius 3 is 2.33 bits per heavy atom. The third kappa shape index (κ3) is 3.25. The predicted octanol–water partition coefficient (Wildman–Crippen LogP) is 2.28. The molecule has 0 heterocycles. The van der Waals surface area contributed by atoms with Gasteiger partial charge in [-0.1, -0.05) is 30.3 Å². The molecule has 0 fully saturated rings. The summed E-state index contributed by atoms with van der Waals surface area (Å²) in [5.41, 5.74) is 0.503. The minimum absolute atomic E-state index is 0.503. The molecule has 0 radical (unpaired) electrons. The van der Waals surface area contributed by atoms with E-state index in [0.717, 1.165) is 7.11 Å². The van der Waals surface area contributed by atoms with Crippen LogP contribution in [0, 0.1) is 0 Å². The normalized spacial score (nSPS) is 11.6. The van der Waals surface area contributed by atoms with E-state index in [-0.39, 0.29) is 0 Å². The molecule has 0 aliphatic heterocycles. The van der Waals surface area contributed by atoms with Gasteiger partial charge in [-0.3, -0.25) is 4.79 Å². The second-order valence-corrected chi connectivity index (χ2v) is 3.04. The number of hydrogen-bond donors (Lipinski definition) is 0. The van der Waals surface area contributed by atoms with Crippen molar-refractivity contribution in [3.8, 4) is 0 Å². The molecule has 0 aromatic heterocycles.